The van der Waals surface area contributed by atoms with Crippen LogP contribution in [0.5, 0.6) is 0 Å². The number of fused-ring (bicyclic) bond motifs is 1. The first-order valence-electron chi connectivity index (χ1n) is 3.31. The molecule has 10 heavy (non-hydrogen) atoms. The third kappa shape index (κ3) is 0.798. The van der Waals surface area contributed by atoms with Gasteiger partial charge < -0.3 is 0 Å². The van der Waals surface area contributed by atoms with E-state index in [2.05, 4.69) is 23.5 Å². The van der Waals surface area contributed by atoms with E-state index in [1.54, 1.807) is 0 Å². The van der Waals surface area contributed by atoms with Gasteiger partial charge in [-0.3, -0.25) is 5.32 Å². The van der Waals surface area contributed by atoms with Crippen molar-refractivity contribution in [2.75, 3.05) is 6.54 Å². The van der Waals surface area contributed by atoms with Crippen LogP contribution in [0.1, 0.15) is 5.56 Å². The molecule has 48 valence electrons. The fourth-order valence-electron chi connectivity index (χ4n) is 1.04. The Morgan fingerprint density at radius 2 is 2.50 bits per heavy atom. The molecule has 1 aliphatic rings. The Labute approximate surface area is 60.4 Å². The molecule has 0 N–H and O–H groups in total. The average molecular weight is 129 g/mol. The minimum absolute atomic E-state index is 0.810. The minimum atomic E-state index is 0.810. The fourth-order valence-corrected chi connectivity index (χ4v) is 1.04. The van der Waals surface area contributed by atoms with Gasteiger partial charge in [0, 0.05) is 0 Å². The molecule has 0 aromatic heterocycles. The van der Waals surface area contributed by atoms with Gasteiger partial charge in [-0.1, -0.05) is 24.3 Å². The van der Waals surface area contributed by atoms with E-state index in [1.807, 2.05) is 18.2 Å². The Morgan fingerprint density at radius 3 is 3.40 bits per heavy atom. The van der Waals surface area contributed by atoms with E-state index in [4.69, 9.17) is 0 Å². The van der Waals surface area contributed by atoms with Gasteiger partial charge in [0.25, 0.3) is 0 Å². The molecule has 0 saturated carbocycles. The van der Waals surface area contributed by atoms with Gasteiger partial charge in [-0.2, -0.15) is 0 Å². The highest BCUT2D eigenvalue weighted by Gasteiger charge is 2.01. The van der Waals surface area contributed by atoms with Crippen molar-refractivity contribution in [1.82, 2.24) is 5.32 Å². The summed E-state index contributed by atoms with van der Waals surface area (Å²) in [4.78, 5) is 0. The van der Waals surface area contributed by atoms with E-state index in [1.165, 1.54) is 5.56 Å². The second-order valence-corrected chi connectivity index (χ2v) is 2.23. The van der Waals surface area contributed by atoms with Gasteiger partial charge in [-0.05, 0) is 17.7 Å². The summed E-state index contributed by atoms with van der Waals surface area (Å²) in [5, 5.41) is 4.27. The molecule has 1 aromatic carbocycles. The maximum absolute atomic E-state index is 4.27. The molecule has 1 heteroatoms. The van der Waals surface area contributed by atoms with Crippen molar-refractivity contribution in [3.05, 3.63) is 35.9 Å². The molecule has 1 heterocycles. The zero-order chi connectivity index (χ0) is 6.81. The summed E-state index contributed by atoms with van der Waals surface area (Å²) >= 11 is 0. The third-order valence-corrected chi connectivity index (χ3v) is 1.54. The van der Waals surface area contributed by atoms with Crippen molar-refractivity contribution < 1.29 is 0 Å². The Kier molecular flexibility index (Phi) is 1.21. The molecule has 1 aromatic rings. The van der Waals surface area contributed by atoms with E-state index < -0.39 is 0 Å². The number of rotatable bonds is 0. The SMILES string of the molecule is [c]1ccc2c(c1)[N]CC=C2. The highest BCUT2D eigenvalue weighted by atomic mass is 14.9. The van der Waals surface area contributed by atoms with Crippen LogP contribution >= 0.6 is 0 Å². The van der Waals surface area contributed by atoms with Crippen LogP contribution in [0.25, 0.3) is 6.08 Å². The standard InChI is InChI=1S/C9H7N/c1-2-6-9-8(4-1)5-3-7-10-9/h1,3-6H,7H2. The lowest BCUT2D eigenvalue weighted by Gasteiger charge is -2.08. The molecule has 0 saturated heterocycles. The minimum Gasteiger partial charge on any atom is -0.281 e. The summed E-state index contributed by atoms with van der Waals surface area (Å²) in [6.07, 6.45) is 4.15. The molecule has 0 atom stereocenters. The fraction of sp³-hybridized carbons (Fsp3) is 0.111. The number of nitrogens with zero attached hydrogens (tertiary/aromatic N) is 1. The lowest BCUT2D eigenvalue weighted by Crippen LogP contribution is -2.02. The Balaban J connectivity index is 2.54. The van der Waals surface area contributed by atoms with Gasteiger partial charge in [0.2, 0.25) is 0 Å². The van der Waals surface area contributed by atoms with Crippen molar-refractivity contribution >= 4 is 11.8 Å². The second-order valence-electron chi connectivity index (χ2n) is 2.23. The van der Waals surface area contributed by atoms with Gasteiger partial charge in [0.05, 0.1) is 12.2 Å². The third-order valence-electron chi connectivity index (χ3n) is 1.54. The highest BCUT2D eigenvalue weighted by molar-refractivity contribution is 5.65. The molecule has 0 aliphatic carbocycles. The molecular formula is C9H7N. The van der Waals surface area contributed by atoms with Crippen LogP contribution in [0.4, 0.5) is 5.69 Å². The first kappa shape index (κ1) is 5.54. The van der Waals surface area contributed by atoms with Crippen LogP contribution in [-0.4, -0.2) is 6.54 Å². The van der Waals surface area contributed by atoms with Crippen molar-refractivity contribution in [2.24, 2.45) is 0 Å². The number of hydrogen-bond donors (Lipinski definition) is 0. The normalized spacial score (nSPS) is 14.0. The zero-order valence-corrected chi connectivity index (χ0v) is 5.54. The monoisotopic (exact) mass is 129 g/mol. The van der Waals surface area contributed by atoms with Gasteiger partial charge in [-0.15, -0.1) is 0 Å². The van der Waals surface area contributed by atoms with Gasteiger partial charge in [0.1, 0.15) is 0 Å². The predicted octanol–water partition coefficient (Wildman–Crippen LogP) is 1.75. The number of hydrogen-bond acceptors (Lipinski definition) is 0. The van der Waals surface area contributed by atoms with Crippen LogP contribution in [0, 0.1) is 6.07 Å². The highest BCUT2D eigenvalue weighted by Crippen LogP contribution is 2.18. The maximum atomic E-state index is 4.27. The van der Waals surface area contributed by atoms with Gasteiger partial charge in [-0.25, -0.2) is 0 Å². The first-order valence-corrected chi connectivity index (χ1v) is 3.31. The molecule has 0 spiro atoms. The Bertz CT molecular complexity index is 263. The average Bonchev–Trinajstić information content (AvgIpc) is 2.05. The van der Waals surface area contributed by atoms with Crippen LogP contribution in [0.15, 0.2) is 24.3 Å². The Hall–Kier alpha value is -1.24. The van der Waals surface area contributed by atoms with Crippen molar-refractivity contribution in [1.29, 1.82) is 0 Å². The van der Waals surface area contributed by atoms with E-state index in [0.29, 0.717) is 0 Å². The summed E-state index contributed by atoms with van der Waals surface area (Å²) in [5.41, 5.74) is 2.26. The molecule has 2 rings (SSSR count). The predicted molar refractivity (Wildman–Crippen MR) is 41.0 cm³/mol. The molecule has 0 amide bonds. The van der Waals surface area contributed by atoms with Crippen molar-refractivity contribution in [3.8, 4) is 0 Å². The number of benzene rings is 1. The quantitative estimate of drug-likeness (QED) is 0.506. The summed E-state index contributed by atoms with van der Waals surface area (Å²) in [6, 6.07) is 8.84. The summed E-state index contributed by atoms with van der Waals surface area (Å²) in [6.45, 7) is 0.810. The van der Waals surface area contributed by atoms with E-state index in [9.17, 15) is 0 Å². The van der Waals surface area contributed by atoms with E-state index >= 15 is 0 Å². The summed E-state index contributed by atoms with van der Waals surface area (Å²) in [7, 11) is 0. The molecule has 0 bridgehead atoms. The van der Waals surface area contributed by atoms with Crippen molar-refractivity contribution in [2.45, 2.75) is 0 Å². The molecule has 0 unspecified atom stereocenters. The van der Waals surface area contributed by atoms with E-state index in [-0.39, 0.29) is 0 Å². The van der Waals surface area contributed by atoms with Crippen LogP contribution < -0.4 is 5.32 Å². The van der Waals surface area contributed by atoms with Gasteiger partial charge in [0.15, 0.2) is 0 Å². The first-order chi connectivity index (χ1) is 4.97. The lowest BCUT2D eigenvalue weighted by molar-refractivity contribution is 0.965. The molecular weight excluding hydrogens is 122 g/mol. The summed E-state index contributed by atoms with van der Waals surface area (Å²) in [5.74, 6) is 0. The molecule has 1 nitrogen and oxygen atoms in total. The maximum Gasteiger partial charge on any atom is 0.0656 e. The zero-order valence-electron chi connectivity index (χ0n) is 5.54. The smallest absolute Gasteiger partial charge is 0.0656 e. The van der Waals surface area contributed by atoms with Crippen molar-refractivity contribution in [3.63, 3.8) is 0 Å². The topological polar surface area (TPSA) is 14.1 Å². The molecule has 2 radical (unpaired) electrons. The van der Waals surface area contributed by atoms with Crippen LogP contribution in [0.3, 0.4) is 0 Å². The molecule has 1 aliphatic heterocycles. The second kappa shape index (κ2) is 2.18. The summed E-state index contributed by atoms with van der Waals surface area (Å²) < 4.78 is 0. The van der Waals surface area contributed by atoms with Crippen LogP contribution in [-0.2, 0) is 0 Å². The Morgan fingerprint density at radius 1 is 1.50 bits per heavy atom. The molecule has 0 fully saturated rings. The lowest BCUT2D eigenvalue weighted by atomic mass is 10.1. The largest absolute Gasteiger partial charge is 0.281 e. The van der Waals surface area contributed by atoms with E-state index in [0.717, 1.165) is 12.2 Å². The van der Waals surface area contributed by atoms with Gasteiger partial charge >= 0.3 is 0 Å². The van der Waals surface area contributed by atoms with Crippen LogP contribution in [0.2, 0.25) is 0 Å².